The summed E-state index contributed by atoms with van der Waals surface area (Å²) in [7, 11) is 3.59. The minimum atomic E-state index is -0.201. The van der Waals surface area contributed by atoms with Crippen LogP contribution in [0.25, 0.3) is 0 Å². The van der Waals surface area contributed by atoms with Crippen molar-refractivity contribution in [3.63, 3.8) is 0 Å². The van der Waals surface area contributed by atoms with Crippen molar-refractivity contribution in [2.75, 3.05) is 19.0 Å². The number of nitrogens with one attached hydrogen (secondary N) is 1. The van der Waals surface area contributed by atoms with E-state index in [-0.39, 0.29) is 11.9 Å². The Morgan fingerprint density at radius 2 is 2.21 bits per heavy atom. The number of halogens is 1. The molecule has 1 aromatic carbocycles. The summed E-state index contributed by atoms with van der Waals surface area (Å²) in [5, 5.41) is 3.02. The van der Waals surface area contributed by atoms with Crippen LogP contribution >= 0.6 is 15.9 Å². The highest BCUT2D eigenvalue weighted by Crippen LogP contribution is 2.39. The number of nitrogens with zero attached hydrogens (tertiary/aromatic N) is 1. The highest BCUT2D eigenvalue weighted by atomic mass is 79.9. The Kier molecular flexibility index (Phi) is 2.33. The van der Waals surface area contributed by atoms with E-state index in [1.165, 1.54) is 0 Å². The maximum atomic E-state index is 11.8. The third kappa shape index (κ3) is 1.18. The number of amides is 1. The molecule has 0 saturated carbocycles. The number of benzene rings is 1. The van der Waals surface area contributed by atoms with Crippen molar-refractivity contribution in [1.29, 1.82) is 0 Å². The van der Waals surface area contributed by atoms with Crippen LogP contribution in [-0.4, -0.2) is 20.0 Å². The van der Waals surface area contributed by atoms with Crippen LogP contribution in [0.5, 0.6) is 0 Å². The number of carbonyl (C=O) groups is 1. The van der Waals surface area contributed by atoms with Gasteiger partial charge in [-0.05, 0) is 29.0 Å². The fourth-order valence-electron chi connectivity index (χ4n) is 1.83. The van der Waals surface area contributed by atoms with Gasteiger partial charge in [0.05, 0.1) is 5.69 Å². The second-order valence-corrected chi connectivity index (χ2v) is 4.15. The summed E-state index contributed by atoms with van der Waals surface area (Å²) in [4.78, 5) is 13.5. The molecule has 14 heavy (non-hydrogen) atoms. The average Bonchev–Trinajstić information content (AvgIpc) is 2.41. The average molecular weight is 255 g/mol. The molecule has 3 nitrogen and oxygen atoms in total. The van der Waals surface area contributed by atoms with Gasteiger partial charge in [-0.15, -0.1) is 0 Å². The predicted molar refractivity (Wildman–Crippen MR) is 59.4 cm³/mol. The van der Waals surface area contributed by atoms with E-state index in [4.69, 9.17) is 0 Å². The van der Waals surface area contributed by atoms with Gasteiger partial charge in [0, 0.05) is 17.1 Å². The molecule has 74 valence electrons. The van der Waals surface area contributed by atoms with Gasteiger partial charge in [0.1, 0.15) is 6.04 Å². The van der Waals surface area contributed by atoms with Gasteiger partial charge in [0.25, 0.3) is 0 Å². The molecule has 0 aliphatic carbocycles. The maximum Gasteiger partial charge on any atom is 0.248 e. The summed E-state index contributed by atoms with van der Waals surface area (Å²) in [5.74, 6) is 0.0920. The summed E-state index contributed by atoms with van der Waals surface area (Å²) in [6.07, 6.45) is 0. The van der Waals surface area contributed by atoms with Gasteiger partial charge in [-0.3, -0.25) is 4.79 Å². The molecule has 1 amide bonds. The van der Waals surface area contributed by atoms with E-state index in [0.717, 1.165) is 15.7 Å². The van der Waals surface area contributed by atoms with Crippen LogP contribution in [0.15, 0.2) is 22.7 Å². The number of para-hydroxylation sites is 1. The van der Waals surface area contributed by atoms with E-state index in [2.05, 4.69) is 21.2 Å². The van der Waals surface area contributed by atoms with Crippen molar-refractivity contribution >= 4 is 27.5 Å². The number of carbonyl (C=O) groups excluding carboxylic acids is 1. The zero-order valence-electron chi connectivity index (χ0n) is 8.04. The van der Waals surface area contributed by atoms with Gasteiger partial charge in [0.2, 0.25) is 5.91 Å². The number of fused-ring (bicyclic) bond motifs is 1. The van der Waals surface area contributed by atoms with Gasteiger partial charge in [-0.25, -0.2) is 0 Å². The summed E-state index contributed by atoms with van der Waals surface area (Å²) in [6.45, 7) is 0. The molecule has 0 radical (unpaired) electrons. The van der Waals surface area contributed by atoms with Gasteiger partial charge in [-0.2, -0.15) is 0 Å². The summed E-state index contributed by atoms with van der Waals surface area (Å²) in [6, 6.07) is 5.66. The second kappa shape index (κ2) is 3.37. The van der Waals surface area contributed by atoms with Crippen molar-refractivity contribution in [3.8, 4) is 0 Å². The van der Waals surface area contributed by atoms with Crippen molar-refractivity contribution in [2.45, 2.75) is 6.04 Å². The number of hydrogen-bond acceptors (Lipinski definition) is 2. The van der Waals surface area contributed by atoms with Crippen LogP contribution in [0.4, 0.5) is 5.69 Å². The van der Waals surface area contributed by atoms with Crippen LogP contribution in [0, 0.1) is 0 Å². The molecule has 1 unspecified atom stereocenters. The molecule has 0 aromatic heterocycles. The van der Waals surface area contributed by atoms with Crippen molar-refractivity contribution in [3.05, 3.63) is 28.2 Å². The van der Waals surface area contributed by atoms with Gasteiger partial charge >= 0.3 is 0 Å². The maximum absolute atomic E-state index is 11.8. The Morgan fingerprint density at radius 3 is 2.86 bits per heavy atom. The molecule has 0 bridgehead atoms. The minimum absolute atomic E-state index is 0.0920. The fourth-order valence-corrected chi connectivity index (χ4v) is 2.48. The Balaban J connectivity index is 2.61. The van der Waals surface area contributed by atoms with Crippen molar-refractivity contribution in [1.82, 2.24) is 5.32 Å². The quantitative estimate of drug-likeness (QED) is 0.828. The first-order chi connectivity index (χ1) is 6.66. The molecular weight excluding hydrogens is 244 g/mol. The first kappa shape index (κ1) is 9.68. The van der Waals surface area contributed by atoms with Crippen molar-refractivity contribution in [2.24, 2.45) is 0 Å². The Hall–Kier alpha value is -0.870. The second-order valence-electron chi connectivity index (χ2n) is 3.30. The molecule has 1 aliphatic rings. The normalized spacial score (nSPS) is 20.1. The molecule has 0 spiro atoms. The molecule has 0 fully saturated rings. The number of rotatable bonds is 1. The summed E-state index contributed by atoms with van der Waals surface area (Å²) < 4.78 is 0.962. The van der Waals surface area contributed by atoms with Gasteiger partial charge < -0.3 is 10.2 Å². The Labute approximate surface area is 91.2 Å². The topological polar surface area (TPSA) is 32.3 Å². The first-order valence-corrected chi connectivity index (χ1v) is 5.19. The molecule has 4 heteroatoms. The molecular formula is C10H11BrN2O. The highest BCUT2D eigenvalue weighted by Gasteiger charge is 2.34. The van der Waals surface area contributed by atoms with Crippen LogP contribution in [0.2, 0.25) is 0 Å². The van der Waals surface area contributed by atoms with Gasteiger partial charge in [0.15, 0.2) is 0 Å². The van der Waals surface area contributed by atoms with E-state index in [0.29, 0.717) is 0 Å². The number of likely N-dealkylation sites (N-methyl/N-ethyl adjacent to an activating group) is 2. The summed E-state index contributed by atoms with van der Waals surface area (Å²) in [5.41, 5.74) is 2.01. The summed E-state index contributed by atoms with van der Waals surface area (Å²) >= 11 is 3.45. The number of anilines is 1. The lowest BCUT2D eigenvalue weighted by Crippen LogP contribution is -2.30. The third-order valence-electron chi connectivity index (χ3n) is 2.53. The van der Waals surface area contributed by atoms with E-state index in [9.17, 15) is 4.79 Å². The Bertz CT molecular complexity index is 392. The SMILES string of the molecule is CNC1C(=O)N(C)c2c(Br)cccc21. The molecule has 1 aromatic rings. The fraction of sp³-hybridized carbons (Fsp3) is 0.300. The lowest BCUT2D eigenvalue weighted by Gasteiger charge is -2.11. The monoisotopic (exact) mass is 254 g/mol. The highest BCUT2D eigenvalue weighted by molar-refractivity contribution is 9.10. The molecule has 1 atom stereocenters. The lowest BCUT2D eigenvalue weighted by atomic mass is 10.1. The lowest BCUT2D eigenvalue weighted by molar-refractivity contribution is -0.119. The van der Waals surface area contributed by atoms with E-state index in [1.54, 1.807) is 19.0 Å². The van der Waals surface area contributed by atoms with E-state index >= 15 is 0 Å². The predicted octanol–water partition coefficient (Wildman–Crippen LogP) is 1.69. The van der Waals surface area contributed by atoms with Gasteiger partial charge in [-0.1, -0.05) is 12.1 Å². The number of hydrogen-bond donors (Lipinski definition) is 1. The zero-order valence-corrected chi connectivity index (χ0v) is 9.63. The largest absolute Gasteiger partial charge is 0.312 e. The third-order valence-corrected chi connectivity index (χ3v) is 3.17. The smallest absolute Gasteiger partial charge is 0.248 e. The minimum Gasteiger partial charge on any atom is -0.312 e. The first-order valence-electron chi connectivity index (χ1n) is 4.40. The Morgan fingerprint density at radius 1 is 1.50 bits per heavy atom. The molecule has 1 heterocycles. The van der Waals surface area contributed by atoms with Crippen molar-refractivity contribution < 1.29 is 4.79 Å². The molecule has 1 aliphatic heterocycles. The van der Waals surface area contributed by atoms with E-state index in [1.807, 2.05) is 18.2 Å². The zero-order chi connectivity index (χ0) is 10.3. The standard InChI is InChI=1S/C10H11BrN2O/c1-12-8-6-4-3-5-7(11)9(6)13(2)10(8)14/h3-5,8,12H,1-2H3. The van der Waals surface area contributed by atoms with Crippen LogP contribution in [-0.2, 0) is 4.79 Å². The molecule has 2 rings (SSSR count). The molecule has 1 N–H and O–H groups in total. The van der Waals surface area contributed by atoms with Crippen LogP contribution in [0.1, 0.15) is 11.6 Å². The molecule has 0 saturated heterocycles. The van der Waals surface area contributed by atoms with Crippen LogP contribution < -0.4 is 10.2 Å². The van der Waals surface area contributed by atoms with E-state index < -0.39 is 0 Å². The van der Waals surface area contributed by atoms with Crippen LogP contribution in [0.3, 0.4) is 0 Å².